The highest BCUT2D eigenvalue weighted by atomic mass is 16.4. The van der Waals surface area contributed by atoms with Crippen LogP contribution in [0.1, 0.15) is 10.4 Å². The molecule has 5 heteroatoms. The topological polar surface area (TPSA) is 98.0 Å². The fraction of sp³-hybridized carbons (Fsp3) is 0. The van der Waals surface area contributed by atoms with Crippen LogP contribution < -0.4 is 0 Å². The standard InChI is InChI=1S/C21H14O5/c22-16-9-8-11-13(6-3-7-15(11)21(25)26)19(16)20-14-5-2-1-4-12(14)17(23)10-18(20)24/h1-10,22-24H,(H,25,26). The Kier molecular flexibility index (Phi) is 3.44. The zero-order chi connectivity index (χ0) is 18.4. The maximum atomic E-state index is 11.5. The summed E-state index contributed by atoms with van der Waals surface area (Å²) in [7, 11) is 0. The first kappa shape index (κ1) is 15.8. The largest absolute Gasteiger partial charge is 0.507 e. The first-order chi connectivity index (χ1) is 12.5. The zero-order valence-corrected chi connectivity index (χ0v) is 13.5. The number of carboxylic acid groups (broad SMARTS) is 1. The molecule has 0 aliphatic heterocycles. The van der Waals surface area contributed by atoms with Gasteiger partial charge in [0.1, 0.15) is 17.2 Å². The van der Waals surface area contributed by atoms with Crippen molar-refractivity contribution >= 4 is 27.5 Å². The average molecular weight is 346 g/mol. The molecular weight excluding hydrogens is 332 g/mol. The Labute approximate surface area is 148 Å². The van der Waals surface area contributed by atoms with Gasteiger partial charge in [0.15, 0.2) is 0 Å². The summed E-state index contributed by atoms with van der Waals surface area (Å²) in [6.45, 7) is 0. The maximum absolute atomic E-state index is 11.5. The third-order valence-corrected chi connectivity index (χ3v) is 4.52. The molecule has 0 aliphatic rings. The lowest BCUT2D eigenvalue weighted by molar-refractivity contribution is 0.0699. The van der Waals surface area contributed by atoms with Gasteiger partial charge in [0, 0.05) is 22.6 Å². The van der Waals surface area contributed by atoms with Gasteiger partial charge in [0.25, 0.3) is 0 Å². The van der Waals surface area contributed by atoms with Crippen LogP contribution in [0.25, 0.3) is 32.7 Å². The van der Waals surface area contributed by atoms with Crippen molar-refractivity contribution in [3.8, 4) is 28.4 Å². The highest BCUT2D eigenvalue weighted by molar-refractivity contribution is 6.14. The highest BCUT2D eigenvalue weighted by Gasteiger charge is 2.20. The van der Waals surface area contributed by atoms with Gasteiger partial charge in [-0.15, -0.1) is 0 Å². The Balaban J connectivity index is 2.21. The third-order valence-electron chi connectivity index (χ3n) is 4.52. The van der Waals surface area contributed by atoms with E-state index in [9.17, 15) is 25.2 Å². The summed E-state index contributed by atoms with van der Waals surface area (Å²) < 4.78 is 0. The second-order valence-corrected chi connectivity index (χ2v) is 6.00. The summed E-state index contributed by atoms with van der Waals surface area (Å²) in [5, 5.41) is 42.6. The lowest BCUT2D eigenvalue weighted by Crippen LogP contribution is -1.98. The summed E-state index contributed by atoms with van der Waals surface area (Å²) in [4.78, 5) is 11.5. The normalized spacial score (nSPS) is 11.1. The van der Waals surface area contributed by atoms with Gasteiger partial charge in [-0.2, -0.15) is 0 Å². The number of fused-ring (bicyclic) bond motifs is 2. The number of rotatable bonds is 2. The molecule has 0 saturated heterocycles. The Morgan fingerprint density at radius 2 is 1.23 bits per heavy atom. The second kappa shape index (κ2) is 5.67. The van der Waals surface area contributed by atoms with Gasteiger partial charge in [-0.1, -0.05) is 36.4 Å². The molecule has 0 radical (unpaired) electrons. The molecule has 0 atom stereocenters. The van der Waals surface area contributed by atoms with E-state index < -0.39 is 5.97 Å². The van der Waals surface area contributed by atoms with Gasteiger partial charge in [-0.3, -0.25) is 0 Å². The van der Waals surface area contributed by atoms with Gasteiger partial charge in [0.2, 0.25) is 0 Å². The molecule has 0 aromatic heterocycles. The molecule has 0 bridgehead atoms. The van der Waals surface area contributed by atoms with Gasteiger partial charge >= 0.3 is 5.97 Å². The Bertz CT molecular complexity index is 1190. The van der Waals surface area contributed by atoms with Gasteiger partial charge < -0.3 is 20.4 Å². The van der Waals surface area contributed by atoms with Crippen LogP contribution >= 0.6 is 0 Å². The molecule has 0 saturated carbocycles. The number of aromatic carboxylic acids is 1. The lowest BCUT2D eigenvalue weighted by atomic mass is 9.90. The van der Waals surface area contributed by atoms with E-state index in [2.05, 4.69) is 0 Å². The van der Waals surface area contributed by atoms with Crippen molar-refractivity contribution in [2.75, 3.05) is 0 Å². The molecule has 0 aliphatic carbocycles. The Hall–Kier alpha value is -3.73. The van der Waals surface area contributed by atoms with Crippen LogP contribution in [0.15, 0.2) is 60.7 Å². The monoisotopic (exact) mass is 346 g/mol. The summed E-state index contributed by atoms with van der Waals surface area (Å²) in [5.41, 5.74) is 0.759. The van der Waals surface area contributed by atoms with Crippen molar-refractivity contribution < 1.29 is 25.2 Å². The molecule has 4 aromatic carbocycles. The van der Waals surface area contributed by atoms with E-state index in [0.717, 1.165) is 0 Å². The Morgan fingerprint density at radius 1 is 0.615 bits per heavy atom. The minimum Gasteiger partial charge on any atom is -0.507 e. The number of carbonyl (C=O) groups is 1. The van der Waals surface area contributed by atoms with E-state index in [4.69, 9.17) is 0 Å². The summed E-state index contributed by atoms with van der Waals surface area (Å²) >= 11 is 0. The third kappa shape index (κ3) is 2.22. The number of phenols is 3. The predicted octanol–water partition coefficient (Wildman–Crippen LogP) is 4.48. The first-order valence-corrected chi connectivity index (χ1v) is 7.91. The van der Waals surface area contributed by atoms with Crippen molar-refractivity contribution in [2.45, 2.75) is 0 Å². The van der Waals surface area contributed by atoms with Crippen LogP contribution in [0.3, 0.4) is 0 Å². The molecule has 0 amide bonds. The van der Waals surface area contributed by atoms with Crippen molar-refractivity contribution in [1.82, 2.24) is 0 Å². The lowest BCUT2D eigenvalue weighted by Gasteiger charge is -2.15. The molecule has 4 aromatic rings. The molecule has 128 valence electrons. The minimum atomic E-state index is -1.08. The molecule has 0 spiro atoms. The molecule has 4 rings (SSSR count). The summed E-state index contributed by atoms with van der Waals surface area (Å²) in [5.74, 6) is -1.45. The van der Waals surface area contributed by atoms with Crippen LogP contribution in [0.2, 0.25) is 0 Å². The van der Waals surface area contributed by atoms with Crippen molar-refractivity contribution in [3.63, 3.8) is 0 Å². The number of aromatic hydroxyl groups is 3. The molecule has 0 unspecified atom stereocenters. The molecule has 0 fully saturated rings. The zero-order valence-electron chi connectivity index (χ0n) is 13.5. The van der Waals surface area contributed by atoms with E-state index in [1.807, 2.05) is 0 Å². The molecular formula is C21H14O5. The van der Waals surface area contributed by atoms with Crippen LogP contribution in [-0.2, 0) is 0 Å². The molecule has 5 nitrogen and oxygen atoms in total. The van der Waals surface area contributed by atoms with Crippen molar-refractivity contribution in [3.05, 3.63) is 66.2 Å². The number of phenolic OH excluding ortho intramolecular Hbond substituents is 3. The number of carboxylic acids is 1. The number of hydrogen-bond donors (Lipinski definition) is 4. The van der Waals surface area contributed by atoms with Gasteiger partial charge in [0.05, 0.1) is 5.56 Å². The average Bonchev–Trinajstić information content (AvgIpc) is 2.62. The highest BCUT2D eigenvalue weighted by Crippen LogP contribution is 2.47. The fourth-order valence-electron chi connectivity index (χ4n) is 3.40. The van der Waals surface area contributed by atoms with Crippen LogP contribution in [0.4, 0.5) is 0 Å². The fourth-order valence-corrected chi connectivity index (χ4v) is 3.40. The maximum Gasteiger partial charge on any atom is 0.336 e. The smallest absolute Gasteiger partial charge is 0.336 e. The quantitative estimate of drug-likeness (QED) is 0.429. The van der Waals surface area contributed by atoms with E-state index in [0.29, 0.717) is 32.7 Å². The molecule has 4 N–H and O–H groups in total. The van der Waals surface area contributed by atoms with Crippen molar-refractivity contribution in [2.24, 2.45) is 0 Å². The predicted molar refractivity (Wildman–Crippen MR) is 98.8 cm³/mol. The number of hydrogen-bond acceptors (Lipinski definition) is 4. The van der Waals surface area contributed by atoms with Crippen molar-refractivity contribution in [1.29, 1.82) is 0 Å². The van der Waals surface area contributed by atoms with Crippen LogP contribution in [0.5, 0.6) is 17.2 Å². The molecule has 0 heterocycles. The van der Waals surface area contributed by atoms with E-state index in [-0.39, 0.29) is 22.8 Å². The van der Waals surface area contributed by atoms with Crippen LogP contribution in [0, 0.1) is 0 Å². The van der Waals surface area contributed by atoms with E-state index >= 15 is 0 Å². The van der Waals surface area contributed by atoms with E-state index in [1.165, 1.54) is 24.3 Å². The first-order valence-electron chi connectivity index (χ1n) is 7.91. The second-order valence-electron chi connectivity index (χ2n) is 6.00. The van der Waals surface area contributed by atoms with Gasteiger partial charge in [-0.25, -0.2) is 4.79 Å². The van der Waals surface area contributed by atoms with E-state index in [1.54, 1.807) is 36.4 Å². The number of benzene rings is 4. The SMILES string of the molecule is O=C(O)c1cccc2c(-c3c(O)cc(O)c4ccccc34)c(O)ccc12. The van der Waals surface area contributed by atoms with Gasteiger partial charge in [-0.05, 0) is 34.4 Å². The minimum absolute atomic E-state index is 0.0761. The summed E-state index contributed by atoms with van der Waals surface area (Å²) in [6, 6.07) is 15.9. The summed E-state index contributed by atoms with van der Waals surface area (Å²) in [6.07, 6.45) is 0. The Morgan fingerprint density at radius 3 is 1.96 bits per heavy atom. The molecule has 26 heavy (non-hydrogen) atoms. The van der Waals surface area contributed by atoms with Crippen LogP contribution in [-0.4, -0.2) is 26.4 Å².